The second-order valence-corrected chi connectivity index (χ2v) is 7.85. The molecule has 1 saturated carbocycles. The molecule has 1 aromatic carbocycles. The van der Waals surface area contributed by atoms with Crippen molar-refractivity contribution >= 4 is 22.7 Å². The van der Waals surface area contributed by atoms with Crippen molar-refractivity contribution in [2.45, 2.75) is 50.7 Å². The van der Waals surface area contributed by atoms with E-state index in [1.165, 1.54) is 0 Å². The van der Waals surface area contributed by atoms with Crippen molar-refractivity contribution in [3.63, 3.8) is 0 Å². The number of imidazole rings is 1. The molecule has 0 spiro atoms. The summed E-state index contributed by atoms with van der Waals surface area (Å²) in [5.74, 6) is 0.0393. The van der Waals surface area contributed by atoms with Crippen LogP contribution in [-0.2, 0) is 14.3 Å². The summed E-state index contributed by atoms with van der Waals surface area (Å²) in [7, 11) is 0. The monoisotopic (exact) mass is 390 g/mol. The highest BCUT2D eigenvalue weighted by Crippen LogP contribution is 2.32. The number of Topliss-reactive ketones (excluding diaryl/α,β-unsaturated/α-hetero) is 2. The van der Waals surface area contributed by atoms with Crippen molar-refractivity contribution in [1.29, 1.82) is 0 Å². The van der Waals surface area contributed by atoms with Crippen LogP contribution in [0.1, 0.15) is 56.2 Å². The van der Waals surface area contributed by atoms with E-state index in [9.17, 15) is 9.59 Å². The SMILES string of the molecule is O=C1CC(=O)CC(c2ccc(-c3ncnc4c3ncn4C3CCCCO3)cc2)C1. The number of aromatic nitrogens is 4. The summed E-state index contributed by atoms with van der Waals surface area (Å²) >= 11 is 0. The molecule has 7 nitrogen and oxygen atoms in total. The van der Waals surface area contributed by atoms with Crippen LogP contribution in [0, 0.1) is 0 Å². The second-order valence-electron chi connectivity index (χ2n) is 7.85. The first-order chi connectivity index (χ1) is 14.2. The Labute approximate surface area is 168 Å². The van der Waals surface area contributed by atoms with Gasteiger partial charge in [-0.3, -0.25) is 14.2 Å². The Morgan fingerprint density at radius 1 is 0.966 bits per heavy atom. The molecule has 2 aliphatic rings. The lowest BCUT2D eigenvalue weighted by molar-refractivity contribution is -0.130. The highest BCUT2D eigenvalue weighted by Gasteiger charge is 2.26. The van der Waals surface area contributed by atoms with Gasteiger partial charge in [-0.1, -0.05) is 24.3 Å². The zero-order valence-corrected chi connectivity index (χ0v) is 16.1. The number of ketones is 2. The Kier molecular flexibility index (Phi) is 4.67. The predicted molar refractivity (Wildman–Crippen MR) is 106 cm³/mol. The molecule has 0 N–H and O–H groups in total. The molecule has 1 unspecified atom stereocenters. The topological polar surface area (TPSA) is 87.0 Å². The largest absolute Gasteiger partial charge is 0.358 e. The third-order valence-corrected chi connectivity index (χ3v) is 5.82. The molecule has 1 saturated heterocycles. The maximum Gasteiger partial charge on any atom is 0.165 e. The van der Waals surface area contributed by atoms with Gasteiger partial charge in [-0.05, 0) is 30.7 Å². The fourth-order valence-corrected chi connectivity index (χ4v) is 4.35. The Balaban J connectivity index is 1.45. The molecule has 2 fully saturated rings. The van der Waals surface area contributed by atoms with Gasteiger partial charge in [-0.15, -0.1) is 0 Å². The Morgan fingerprint density at radius 2 is 1.76 bits per heavy atom. The van der Waals surface area contributed by atoms with Gasteiger partial charge in [0, 0.05) is 25.0 Å². The zero-order valence-electron chi connectivity index (χ0n) is 16.1. The average Bonchev–Trinajstić information content (AvgIpc) is 3.18. The van der Waals surface area contributed by atoms with E-state index < -0.39 is 0 Å². The maximum absolute atomic E-state index is 11.8. The van der Waals surface area contributed by atoms with Gasteiger partial charge < -0.3 is 4.74 Å². The fraction of sp³-hybridized carbons (Fsp3) is 0.409. The van der Waals surface area contributed by atoms with Gasteiger partial charge in [0.05, 0.1) is 12.7 Å². The molecule has 0 bridgehead atoms. The third-order valence-electron chi connectivity index (χ3n) is 5.82. The van der Waals surface area contributed by atoms with Crippen LogP contribution in [0.3, 0.4) is 0 Å². The van der Waals surface area contributed by atoms with Gasteiger partial charge in [0.1, 0.15) is 35.3 Å². The predicted octanol–water partition coefficient (Wildman–Crippen LogP) is 3.60. The first-order valence-electron chi connectivity index (χ1n) is 10.1. The molecule has 3 aromatic rings. The number of rotatable bonds is 3. The van der Waals surface area contributed by atoms with Crippen molar-refractivity contribution in [3.05, 3.63) is 42.5 Å². The lowest BCUT2D eigenvalue weighted by atomic mass is 9.82. The van der Waals surface area contributed by atoms with E-state index >= 15 is 0 Å². The fourth-order valence-electron chi connectivity index (χ4n) is 4.35. The summed E-state index contributed by atoms with van der Waals surface area (Å²) < 4.78 is 7.88. The van der Waals surface area contributed by atoms with Crippen molar-refractivity contribution in [1.82, 2.24) is 19.5 Å². The number of fused-ring (bicyclic) bond motifs is 1. The molecule has 1 atom stereocenters. The normalized spacial score (nSPS) is 21.0. The smallest absolute Gasteiger partial charge is 0.165 e. The van der Waals surface area contributed by atoms with Crippen molar-refractivity contribution in [2.24, 2.45) is 0 Å². The van der Waals surface area contributed by atoms with E-state index in [0.29, 0.717) is 12.8 Å². The molecule has 1 aliphatic carbocycles. The van der Waals surface area contributed by atoms with Crippen LogP contribution in [-0.4, -0.2) is 37.7 Å². The van der Waals surface area contributed by atoms with E-state index in [2.05, 4.69) is 15.0 Å². The van der Waals surface area contributed by atoms with E-state index in [1.807, 2.05) is 28.8 Å². The number of ether oxygens (including phenoxy) is 1. The van der Waals surface area contributed by atoms with Crippen molar-refractivity contribution in [3.8, 4) is 11.3 Å². The van der Waals surface area contributed by atoms with Crippen LogP contribution in [0.2, 0.25) is 0 Å². The minimum Gasteiger partial charge on any atom is -0.358 e. The van der Waals surface area contributed by atoms with Crippen LogP contribution >= 0.6 is 0 Å². The first-order valence-corrected chi connectivity index (χ1v) is 10.1. The minimum absolute atomic E-state index is 0.0223. The molecule has 1 aliphatic heterocycles. The van der Waals surface area contributed by atoms with Crippen LogP contribution in [0.5, 0.6) is 0 Å². The Bertz CT molecular complexity index is 1050. The highest BCUT2D eigenvalue weighted by molar-refractivity contribution is 6.02. The highest BCUT2D eigenvalue weighted by atomic mass is 16.5. The number of hydrogen-bond donors (Lipinski definition) is 0. The summed E-state index contributed by atoms with van der Waals surface area (Å²) in [6.45, 7) is 0.760. The average molecular weight is 390 g/mol. The molecule has 3 heterocycles. The summed E-state index contributed by atoms with van der Waals surface area (Å²) in [6, 6.07) is 7.94. The number of nitrogens with zero attached hydrogens (tertiary/aromatic N) is 4. The molecule has 148 valence electrons. The number of carbonyl (C=O) groups excluding carboxylic acids is 2. The first kappa shape index (κ1) is 18.1. The summed E-state index contributed by atoms with van der Waals surface area (Å²) in [4.78, 5) is 37.0. The quantitative estimate of drug-likeness (QED) is 0.635. The lowest BCUT2D eigenvalue weighted by Gasteiger charge is -2.23. The van der Waals surface area contributed by atoms with Crippen molar-refractivity contribution in [2.75, 3.05) is 6.61 Å². The van der Waals surface area contributed by atoms with Crippen LogP contribution < -0.4 is 0 Å². The second kappa shape index (κ2) is 7.48. The number of benzene rings is 1. The Hall–Kier alpha value is -2.93. The number of carbonyl (C=O) groups is 2. The Morgan fingerprint density at radius 3 is 2.48 bits per heavy atom. The molecular weight excluding hydrogens is 368 g/mol. The van der Waals surface area contributed by atoms with Gasteiger partial charge in [0.25, 0.3) is 0 Å². The van der Waals surface area contributed by atoms with Crippen LogP contribution in [0.4, 0.5) is 0 Å². The van der Waals surface area contributed by atoms with Crippen LogP contribution in [0.15, 0.2) is 36.9 Å². The molecule has 7 heteroatoms. The third kappa shape index (κ3) is 3.46. The van der Waals surface area contributed by atoms with Gasteiger partial charge in [-0.2, -0.15) is 0 Å². The maximum atomic E-state index is 11.8. The molecule has 0 amide bonds. The summed E-state index contributed by atoms with van der Waals surface area (Å²) in [5.41, 5.74) is 4.24. The van der Waals surface area contributed by atoms with E-state index in [4.69, 9.17) is 4.74 Å². The van der Waals surface area contributed by atoms with E-state index in [-0.39, 0.29) is 30.1 Å². The molecule has 0 radical (unpaired) electrons. The molecule has 29 heavy (non-hydrogen) atoms. The standard InChI is InChI=1S/C22H22N4O3/c27-17-9-16(10-18(28)11-17)14-4-6-15(7-5-14)20-21-22(24-12-23-20)26(13-25-21)19-3-1-2-8-29-19/h4-7,12-13,16,19H,1-3,8-11H2. The summed E-state index contributed by atoms with van der Waals surface area (Å²) in [5, 5.41) is 0. The van der Waals surface area contributed by atoms with Gasteiger partial charge in [0.15, 0.2) is 5.65 Å². The minimum atomic E-state index is -0.0275. The summed E-state index contributed by atoms with van der Waals surface area (Å²) in [6.07, 6.45) is 7.46. The molecule has 5 rings (SSSR count). The van der Waals surface area contributed by atoms with E-state index in [0.717, 1.165) is 53.9 Å². The van der Waals surface area contributed by atoms with Crippen LogP contribution in [0.25, 0.3) is 22.4 Å². The van der Waals surface area contributed by atoms with Gasteiger partial charge >= 0.3 is 0 Å². The van der Waals surface area contributed by atoms with E-state index in [1.54, 1.807) is 12.7 Å². The van der Waals surface area contributed by atoms with Gasteiger partial charge in [-0.25, -0.2) is 15.0 Å². The zero-order chi connectivity index (χ0) is 19.8. The number of hydrogen-bond acceptors (Lipinski definition) is 6. The lowest BCUT2D eigenvalue weighted by Crippen LogP contribution is -2.21. The van der Waals surface area contributed by atoms with Crippen molar-refractivity contribution < 1.29 is 14.3 Å². The van der Waals surface area contributed by atoms with Gasteiger partial charge in [0.2, 0.25) is 0 Å². The molecule has 2 aromatic heterocycles. The molecular formula is C22H22N4O3.